The van der Waals surface area contributed by atoms with E-state index in [0.717, 1.165) is 25.1 Å². The van der Waals surface area contributed by atoms with Crippen LogP contribution >= 0.6 is 0 Å². The highest BCUT2D eigenvalue weighted by Crippen LogP contribution is 2.29. The Balaban J connectivity index is 1.67. The predicted octanol–water partition coefficient (Wildman–Crippen LogP) is 1.52. The van der Waals surface area contributed by atoms with Crippen LogP contribution in [-0.2, 0) is 16.5 Å². The molecule has 116 valence electrons. The van der Waals surface area contributed by atoms with Gasteiger partial charge in [-0.2, -0.15) is 5.10 Å². The van der Waals surface area contributed by atoms with Crippen molar-refractivity contribution in [2.45, 2.75) is 31.9 Å². The molecule has 0 aliphatic carbocycles. The minimum atomic E-state index is -0.104. The molecule has 0 bridgehead atoms. The van der Waals surface area contributed by atoms with Gasteiger partial charge in [0.25, 0.3) is 0 Å². The molecule has 2 saturated heterocycles. The molecule has 3 heterocycles. The summed E-state index contributed by atoms with van der Waals surface area (Å²) in [5, 5.41) is 7.37. The maximum atomic E-state index is 12.3. The van der Waals surface area contributed by atoms with E-state index < -0.39 is 0 Å². The molecule has 7 nitrogen and oxygen atoms in total. The SMILES string of the molecule is C[C@@H]1COCCN1C(=O)Nc1cc(C2CCCO2)nn1C. The zero-order valence-corrected chi connectivity index (χ0v) is 12.5. The van der Waals surface area contributed by atoms with Gasteiger partial charge >= 0.3 is 6.03 Å². The van der Waals surface area contributed by atoms with Gasteiger partial charge in [0, 0.05) is 26.3 Å². The number of carbonyl (C=O) groups is 1. The highest BCUT2D eigenvalue weighted by atomic mass is 16.5. The number of anilines is 1. The largest absolute Gasteiger partial charge is 0.377 e. The number of urea groups is 1. The Morgan fingerprint density at radius 3 is 3.05 bits per heavy atom. The third-order valence-corrected chi connectivity index (χ3v) is 4.02. The van der Waals surface area contributed by atoms with E-state index in [-0.39, 0.29) is 18.2 Å². The molecule has 2 amide bonds. The number of amides is 2. The van der Waals surface area contributed by atoms with Crippen LogP contribution in [0.5, 0.6) is 0 Å². The topological polar surface area (TPSA) is 68.6 Å². The summed E-state index contributed by atoms with van der Waals surface area (Å²) in [6.45, 7) is 4.56. The van der Waals surface area contributed by atoms with E-state index in [0.29, 0.717) is 25.6 Å². The number of hydrogen-bond acceptors (Lipinski definition) is 4. The van der Waals surface area contributed by atoms with Gasteiger partial charge < -0.3 is 14.4 Å². The van der Waals surface area contributed by atoms with Crippen LogP contribution < -0.4 is 5.32 Å². The van der Waals surface area contributed by atoms with E-state index in [9.17, 15) is 4.79 Å². The molecule has 0 spiro atoms. The fourth-order valence-electron chi connectivity index (χ4n) is 2.78. The molecule has 1 N–H and O–H groups in total. The highest BCUT2D eigenvalue weighted by Gasteiger charge is 2.26. The van der Waals surface area contributed by atoms with Gasteiger partial charge in [0.1, 0.15) is 11.9 Å². The van der Waals surface area contributed by atoms with E-state index in [2.05, 4.69) is 10.4 Å². The lowest BCUT2D eigenvalue weighted by Gasteiger charge is -2.33. The Morgan fingerprint density at radius 2 is 2.33 bits per heavy atom. The molecule has 3 rings (SSSR count). The Morgan fingerprint density at radius 1 is 1.48 bits per heavy atom. The highest BCUT2D eigenvalue weighted by molar-refractivity contribution is 5.88. The Kier molecular flexibility index (Phi) is 4.12. The molecular formula is C14H22N4O3. The van der Waals surface area contributed by atoms with Crippen molar-refractivity contribution in [3.05, 3.63) is 11.8 Å². The molecule has 1 aromatic heterocycles. The zero-order chi connectivity index (χ0) is 14.8. The first-order valence-corrected chi connectivity index (χ1v) is 7.46. The third-order valence-electron chi connectivity index (χ3n) is 4.02. The molecule has 2 aliphatic heterocycles. The number of morpholine rings is 1. The molecule has 1 unspecified atom stereocenters. The summed E-state index contributed by atoms with van der Waals surface area (Å²) < 4.78 is 12.7. The molecular weight excluding hydrogens is 272 g/mol. The molecule has 0 saturated carbocycles. The number of rotatable bonds is 2. The maximum absolute atomic E-state index is 12.3. The average molecular weight is 294 g/mol. The van der Waals surface area contributed by atoms with Crippen molar-refractivity contribution >= 4 is 11.8 Å². The van der Waals surface area contributed by atoms with Gasteiger partial charge in [0.2, 0.25) is 0 Å². The minimum Gasteiger partial charge on any atom is -0.377 e. The van der Waals surface area contributed by atoms with Crippen molar-refractivity contribution < 1.29 is 14.3 Å². The van der Waals surface area contributed by atoms with E-state index in [1.165, 1.54) is 0 Å². The van der Waals surface area contributed by atoms with E-state index in [1.807, 2.05) is 20.0 Å². The lowest BCUT2D eigenvalue weighted by atomic mass is 10.2. The summed E-state index contributed by atoms with van der Waals surface area (Å²) in [6, 6.07) is 1.89. The number of carbonyl (C=O) groups excluding carboxylic acids is 1. The van der Waals surface area contributed by atoms with Gasteiger partial charge in [-0.15, -0.1) is 0 Å². The van der Waals surface area contributed by atoms with Crippen molar-refractivity contribution in [3.8, 4) is 0 Å². The van der Waals surface area contributed by atoms with Crippen LogP contribution in [0, 0.1) is 0 Å². The van der Waals surface area contributed by atoms with Crippen molar-refractivity contribution in [2.75, 3.05) is 31.7 Å². The number of nitrogens with zero attached hydrogens (tertiary/aromatic N) is 3. The molecule has 7 heteroatoms. The zero-order valence-electron chi connectivity index (χ0n) is 12.5. The molecule has 0 aromatic carbocycles. The molecule has 21 heavy (non-hydrogen) atoms. The number of ether oxygens (including phenoxy) is 2. The summed E-state index contributed by atoms with van der Waals surface area (Å²) in [5.41, 5.74) is 0.889. The minimum absolute atomic E-state index is 0.0594. The fourth-order valence-corrected chi connectivity index (χ4v) is 2.78. The van der Waals surface area contributed by atoms with E-state index >= 15 is 0 Å². The van der Waals surface area contributed by atoms with Crippen molar-refractivity contribution in [1.82, 2.24) is 14.7 Å². The van der Waals surface area contributed by atoms with Crippen molar-refractivity contribution in [3.63, 3.8) is 0 Å². The molecule has 1 aromatic rings. The number of aryl methyl sites for hydroxylation is 1. The van der Waals surface area contributed by atoms with Crippen LogP contribution in [-0.4, -0.2) is 53.1 Å². The third kappa shape index (κ3) is 3.03. The lowest BCUT2D eigenvalue weighted by Crippen LogP contribution is -2.49. The van der Waals surface area contributed by atoms with Gasteiger partial charge in [-0.25, -0.2) is 4.79 Å². The summed E-state index contributed by atoms with van der Waals surface area (Å²) in [4.78, 5) is 14.1. The van der Waals surface area contributed by atoms with Crippen LogP contribution in [0.1, 0.15) is 31.6 Å². The second-order valence-electron chi connectivity index (χ2n) is 5.63. The second kappa shape index (κ2) is 6.03. The second-order valence-corrected chi connectivity index (χ2v) is 5.63. The molecule has 2 atom stereocenters. The summed E-state index contributed by atoms with van der Waals surface area (Å²) >= 11 is 0. The van der Waals surface area contributed by atoms with E-state index in [1.54, 1.807) is 9.58 Å². The van der Waals surface area contributed by atoms with Crippen LogP contribution in [0.15, 0.2) is 6.07 Å². The van der Waals surface area contributed by atoms with Crippen LogP contribution in [0.2, 0.25) is 0 Å². The first-order valence-electron chi connectivity index (χ1n) is 7.46. The Bertz CT molecular complexity index is 510. The average Bonchev–Trinajstić information content (AvgIpc) is 3.10. The molecule has 0 radical (unpaired) electrons. The van der Waals surface area contributed by atoms with Crippen LogP contribution in [0.25, 0.3) is 0 Å². The van der Waals surface area contributed by atoms with Gasteiger partial charge in [-0.1, -0.05) is 0 Å². The van der Waals surface area contributed by atoms with Crippen LogP contribution in [0.3, 0.4) is 0 Å². The number of hydrogen-bond donors (Lipinski definition) is 1. The standard InChI is InChI=1S/C14H22N4O3/c1-10-9-20-7-5-18(10)14(19)15-13-8-11(16-17(13)2)12-4-3-6-21-12/h8,10,12H,3-7,9H2,1-2H3,(H,15,19)/t10-,12?/m1/s1. The smallest absolute Gasteiger partial charge is 0.323 e. The summed E-state index contributed by atoms with van der Waals surface area (Å²) in [6.07, 6.45) is 2.11. The Labute approximate surface area is 124 Å². The monoisotopic (exact) mass is 294 g/mol. The maximum Gasteiger partial charge on any atom is 0.323 e. The Hall–Kier alpha value is -1.60. The van der Waals surface area contributed by atoms with E-state index in [4.69, 9.17) is 9.47 Å². The fraction of sp³-hybridized carbons (Fsp3) is 0.714. The lowest BCUT2D eigenvalue weighted by molar-refractivity contribution is 0.0221. The summed E-state index contributed by atoms with van der Waals surface area (Å²) in [5.74, 6) is 0.698. The van der Waals surface area contributed by atoms with Crippen molar-refractivity contribution in [2.24, 2.45) is 7.05 Å². The van der Waals surface area contributed by atoms with Gasteiger partial charge in [0.05, 0.1) is 24.9 Å². The quantitative estimate of drug-likeness (QED) is 0.898. The van der Waals surface area contributed by atoms with Crippen molar-refractivity contribution in [1.29, 1.82) is 0 Å². The predicted molar refractivity (Wildman–Crippen MR) is 77.1 cm³/mol. The summed E-state index contributed by atoms with van der Waals surface area (Å²) in [7, 11) is 1.83. The molecule has 2 fully saturated rings. The van der Waals surface area contributed by atoms with Gasteiger partial charge in [0.15, 0.2) is 0 Å². The first kappa shape index (κ1) is 14.3. The number of nitrogens with one attached hydrogen (secondary N) is 1. The van der Waals surface area contributed by atoms with Gasteiger partial charge in [-0.3, -0.25) is 10.00 Å². The number of aromatic nitrogens is 2. The first-order chi connectivity index (χ1) is 10.1. The van der Waals surface area contributed by atoms with Crippen LogP contribution in [0.4, 0.5) is 10.6 Å². The van der Waals surface area contributed by atoms with Gasteiger partial charge in [-0.05, 0) is 19.8 Å². The normalized spacial score (nSPS) is 26.1. The molecule has 2 aliphatic rings.